The predicted molar refractivity (Wildman–Crippen MR) is 61.7 cm³/mol. The topological polar surface area (TPSA) is 95.9 Å². The van der Waals surface area contributed by atoms with Crippen molar-refractivity contribution in [3.8, 4) is 0 Å². The molecule has 2 aliphatic heterocycles. The highest BCUT2D eigenvalue weighted by atomic mass is 32.2. The minimum Gasteiger partial charge on any atom is -0.392 e. The van der Waals surface area contributed by atoms with Crippen molar-refractivity contribution < 1.29 is 24.3 Å². The molecule has 1 saturated heterocycles. The zero-order valence-corrected chi connectivity index (χ0v) is 10.4. The van der Waals surface area contributed by atoms with Crippen LogP contribution in [0.5, 0.6) is 0 Å². The number of fused-ring (bicyclic) bond motifs is 1. The molecule has 98 valence electrons. The fraction of sp³-hybridized carbons (Fsp3) is 0.500. The van der Waals surface area contributed by atoms with Gasteiger partial charge in [0.15, 0.2) is 6.04 Å². The Morgan fingerprint density at radius 2 is 2.39 bits per heavy atom. The number of nitrogens with zero attached hydrogens (tertiary/aromatic N) is 1. The smallest absolute Gasteiger partial charge is 0.358 e. The third kappa shape index (κ3) is 2.21. The minimum atomic E-state index is -0.950. The first kappa shape index (κ1) is 12.9. The second-order valence-corrected chi connectivity index (χ2v) is 4.98. The zero-order chi connectivity index (χ0) is 13.3. The molecule has 0 saturated carbocycles. The van der Waals surface area contributed by atoms with E-state index in [4.69, 9.17) is 0 Å². The molecule has 0 bridgehead atoms. The number of hydrogen-bond donors (Lipinski definition) is 2. The fourth-order valence-corrected chi connectivity index (χ4v) is 2.95. The number of amides is 2. The van der Waals surface area contributed by atoms with Crippen LogP contribution in [0.25, 0.3) is 0 Å². The number of hydrogen-bond acceptors (Lipinski definition) is 6. The maximum Gasteiger partial charge on any atom is 0.358 e. The van der Waals surface area contributed by atoms with Gasteiger partial charge in [-0.1, -0.05) is 0 Å². The Kier molecular flexibility index (Phi) is 3.58. The summed E-state index contributed by atoms with van der Waals surface area (Å²) in [4.78, 5) is 39.9. The molecule has 1 unspecified atom stereocenters. The Morgan fingerprint density at radius 3 is 2.94 bits per heavy atom. The van der Waals surface area contributed by atoms with Gasteiger partial charge in [-0.05, 0) is 11.0 Å². The summed E-state index contributed by atoms with van der Waals surface area (Å²) in [6.45, 7) is 0.855. The molecule has 0 aromatic heterocycles. The Morgan fingerprint density at radius 1 is 1.67 bits per heavy atom. The molecular weight excluding hydrogens is 260 g/mol. The van der Waals surface area contributed by atoms with Gasteiger partial charge in [-0.3, -0.25) is 9.59 Å². The molecule has 2 atom stereocenters. The SMILES string of the molecule is CC(=O)NOC(=O)C1C(CO)=CS[C@H]2CC(=O)N12. The van der Waals surface area contributed by atoms with E-state index >= 15 is 0 Å². The lowest BCUT2D eigenvalue weighted by atomic mass is 10.0. The van der Waals surface area contributed by atoms with Crippen molar-refractivity contribution in [2.45, 2.75) is 24.8 Å². The molecule has 1 fully saturated rings. The summed E-state index contributed by atoms with van der Waals surface area (Å²) in [5, 5.41) is 10.8. The van der Waals surface area contributed by atoms with Crippen molar-refractivity contribution in [2.75, 3.05) is 6.61 Å². The van der Waals surface area contributed by atoms with E-state index < -0.39 is 17.9 Å². The lowest BCUT2D eigenvalue weighted by Gasteiger charge is -2.46. The Labute approximate surface area is 107 Å². The second-order valence-electron chi connectivity index (χ2n) is 3.93. The summed E-state index contributed by atoms with van der Waals surface area (Å²) in [5.41, 5.74) is 2.31. The molecule has 0 aliphatic carbocycles. The summed E-state index contributed by atoms with van der Waals surface area (Å²) in [6.07, 6.45) is 0.365. The second kappa shape index (κ2) is 4.99. The van der Waals surface area contributed by atoms with E-state index in [0.29, 0.717) is 12.0 Å². The number of aliphatic hydroxyl groups excluding tert-OH is 1. The summed E-state index contributed by atoms with van der Waals surface area (Å²) >= 11 is 1.38. The maximum absolute atomic E-state index is 11.8. The highest BCUT2D eigenvalue weighted by Gasteiger charge is 2.48. The van der Waals surface area contributed by atoms with Crippen LogP contribution < -0.4 is 5.48 Å². The number of β-lactam (4-membered cyclic amide) rings is 1. The lowest BCUT2D eigenvalue weighted by molar-refractivity contribution is -0.168. The summed E-state index contributed by atoms with van der Waals surface area (Å²) in [7, 11) is 0. The minimum absolute atomic E-state index is 0.0947. The van der Waals surface area contributed by atoms with Crippen molar-refractivity contribution in [1.82, 2.24) is 10.4 Å². The van der Waals surface area contributed by atoms with Gasteiger partial charge >= 0.3 is 5.97 Å². The van der Waals surface area contributed by atoms with Crippen LogP contribution in [0.4, 0.5) is 0 Å². The molecule has 8 heteroatoms. The van der Waals surface area contributed by atoms with E-state index in [1.54, 1.807) is 5.41 Å². The Bertz CT molecular complexity index is 436. The number of hydroxylamine groups is 1. The molecule has 0 aromatic rings. The summed E-state index contributed by atoms with van der Waals surface area (Å²) in [6, 6.07) is -0.950. The van der Waals surface area contributed by atoms with Crippen molar-refractivity contribution in [1.29, 1.82) is 0 Å². The number of carbonyl (C=O) groups excluding carboxylic acids is 3. The van der Waals surface area contributed by atoms with Gasteiger partial charge in [-0.15, -0.1) is 11.8 Å². The van der Waals surface area contributed by atoms with Crippen LogP contribution in [0.3, 0.4) is 0 Å². The Hall–Kier alpha value is -1.54. The average Bonchev–Trinajstić information content (AvgIpc) is 2.33. The van der Waals surface area contributed by atoms with E-state index in [1.165, 1.54) is 23.6 Å². The van der Waals surface area contributed by atoms with Gasteiger partial charge in [-0.2, -0.15) is 5.48 Å². The fourth-order valence-electron chi connectivity index (χ4n) is 1.80. The van der Waals surface area contributed by atoms with Crippen LogP contribution in [-0.4, -0.2) is 45.8 Å². The molecule has 0 aromatic carbocycles. The highest BCUT2D eigenvalue weighted by Crippen LogP contribution is 2.39. The van der Waals surface area contributed by atoms with Crippen molar-refractivity contribution in [2.24, 2.45) is 0 Å². The third-order valence-corrected chi connectivity index (χ3v) is 3.80. The monoisotopic (exact) mass is 272 g/mol. The van der Waals surface area contributed by atoms with Crippen molar-refractivity contribution in [3.05, 3.63) is 11.0 Å². The molecular formula is C10H12N2O5S. The highest BCUT2D eigenvalue weighted by molar-refractivity contribution is 8.02. The van der Waals surface area contributed by atoms with E-state index in [9.17, 15) is 19.5 Å². The summed E-state index contributed by atoms with van der Waals surface area (Å²) < 4.78 is 0. The van der Waals surface area contributed by atoms with Crippen LogP contribution in [-0.2, 0) is 19.2 Å². The predicted octanol–water partition coefficient (Wildman–Crippen LogP) is -0.869. The number of nitrogens with one attached hydrogen (secondary N) is 1. The summed E-state index contributed by atoms with van der Waals surface area (Å²) in [5.74, 6) is -1.46. The van der Waals surface area contributed by atoms with E-state index in [0.717, 1.165) is 0 Å². The zero-order valence-electron chi connectivity index (χ0n) is 9.58. The van der Waals surface area contributed by atoms with Gasteiger partial charge in [0.05, 0.1) is 18.4 Å². The molecule has 2 rings (SSSR count). The van der Waals surface area contributed by atoms with Gasteiger partial charge in [0.25, 0.3) is 0 Å². The van der Waals surface area contributed by atoms with Gasteiger partial charge in [0.2, 0.25) is 11.8 Å². The molecule has 0 spiro atoms. The van der Waals surface area contributed by atoms with Crippen LogP contribution >= 0.6 is 11.8 Å². The number of thioether (sulfide) groups is 1. The Balaban J connectivity index is 2.13. The standard InChI is InChI=1S/C10H12N2O5S/c1-5(14)11-17-10(16)9-6(3-13)4-18-8-2-7(15)12(8)9/h4,8-9,13H,2-3H2,1H3,(H,11,14)/t8-,9?/m0/s1. The third-order valence-electron chi connectivity index (χ3n) is 2.65. The maximum atomic E-state index is 11.8. The van der Waals surface area contributed by atoms with Crippen molar-refractivity contribution >= 4 is 29.5 Å². The molecule has 2 heterocycles. The molecule has 0 radical (unpaired) electrons. The first-order valence-electron chi connectivity index (χ1n) is 5.28. The molecule has 2 amide bonds. The normalized spacial score (nSPS) is 25.8. The van der Waals surface area contributed by atoms with Gasteiger partial charge < -0.3 is 14.8 Å². The number of aliphatic hydroxyl groups is 1. The van der Waals surface area contributed by atoms with E-state index in [-0.39, 0.29) is 17.9 Å². The quantitative estimate of drug-likeness (QED) is 0.501. The molecule has 2 N–H and O–H groups in total. The number of carbonyl (C=O) groups is 3. The van der Waals surface area contributed by atoms with Crippen molar-refractivity contribution in [3.63, 3.8) is 0 Å². The van der Waals surface area contributed by atoms with Crippen LogP contribution in [0.1, 0.15) is 13.3 Å². The number of rotatable bonds is 2. The lowest BCUT2D eigenvalue weighted by Crippen LogP contribution is -2.61. The first-order chi connectivity index (χ1) is 8.54. The average molecular weight is 272 g/mol. The molecule has 18 heavy (non-hydrogen) atoms. The van der Waals surface area contributed by atoms with Gasteiger partial charge in [0, 0.05) is 6.92 Å². The van der Waals surface area contributed by atoms with Crippen LogP contribution in [0.15, 0.2) is 11.0 Å². The molecule has 2 aliphatic rings. The van der Waals surface area contributed by atoms with Crippen LogP contribution in [0.2, 0.25) is 0 Å². The van der Waals surface area contributed by atoms with Gasteiger partial charge in [-0.25, -0.2) is 4.79 Å². The van der Waals surface area contributed by atoms with E-state index in [1.807, 2.05) is 5.48 Å². The largest absolute Gasteiger partial charge is 0.392 e. The van der Waals surface area contributed by atoms with Gasteiger partial charge in [0.1, 0.15) is 0 Å². The van der Waals surface area contributed by atoms with Crippen LogP contribution in [0, 0.1) is 0 Å². The van der Waals surface area contributed by atoms with E-state index in [2.05, 4.69) is 4.84 Å². The first-order valence-corrected chi connectivity index (χ1v) is 6.22. The molecule has 7 nitrogen and oxygen atoms in total.